The third-order valence-corrected chi connectivity index (χ3v) is 5.10. The second kappa shape index (κ2) is 9.14. The number of benzene rings is 1. The van der Waals surface area contributed by atoms with Crippen LogP contribution in [0.3, 0.4) is 0 Å². The Morgan fingerprint density at radius 2 is 1.81 bits per heavy atom. The number of methoxy groups -OCH3 is 1. The zero-order valence-corrected chi connectivity index (χ0v) is 15.5. The molecule has 6 nitrogen and oxygen atoms in total. The maximum Gasteiger partial charge on any atom is 0.227 e. The summed E-state index contributed by atoms with van der Waals surface area (Å²) < 4.78 is 5.11. The standard InChI is InChI=1S/C20H29N3O3/c1-26-13-12-23-10-8-16(9-11-23)20(25)22-18-4-2-15(3-5-18)14-19(24)21-17-6-7-17/h2-5,16-17H,6-14H2,1H3,(H,21,24)(H,22,25). The Bertz CT molecular complexity index is 605. The number of hydrogen-bond acceptors (Lipinski definition) is 4. The molecule has 0 spiro atoms. The molecule has 1 heterocycles. The molecule has 1 saturated heterocycles. The van der Waals surface area contributed by atoms with Gasteiger partial charge in [0.1, 0.15) is 0 Å². The fourth-order valence-corrected chi connectivity index (χ4v) is 3.28. The zero-order valence-electron chi connectivity index (χ0n) is 15.5. The minimum absolute atomic E-state index is 0.0674. The fraction of sp³-hybridized carbons (Fsp3) is 0.600. The van der Waals surface area contributed by atoms with Gasteiger partial charge in [0.05, 0.1) is 13.0 Å². The number of likely N-dealkylation sites (tertiary alicyclic amines) is 1. The predicted molar refractivity (Wildman–Crippen MR) is 101 cm³/mol. The van der Waals surface area contributed by atoms with E-state index in [1.807, 2.05) is 24.3 Å². The number of piperidine rings is 1. The molecule has 26 heavy (non-hydrogen) atoms. The second-order valence-electron chi connectivity index (χ2n) is 7.31. The van der Waals surface area contributed by atoms with Crippen molar-refractivity contribution in [1.82, 2.24) is 10.2 Å². The first-order valence-corrected chi connectivity index (χ1v) is 9.54. The molecule has 1 aliphatic heterocycles. The van der Waals surface area contributed by atoms with E-state index in [0.29, 0.717) is 12.5 Å². The first kappa shape index (κ1) is 18.9. The van der Waals surface area contributed by atoms with E-state index in [2.05, 4.69) is 15.5 Å². The van der Waals surface area contributed by atoms with Gasteiger partial charge < -0.3 is 20.3 Å². The van der Waals surface area contributed by atoms with Crippen molar-refractivity contribution in [3.63, 3.8) is 0 Å². The largest absolute Gasteiger partial charge is 0.383 e. The van der Waals surface area contributed by atoms with E-state index in [0.717, 1.165) is 63.2 Å². The lowest BCUT2D eigenvalue weighted by Crippen LogP contribution is -2.39. The molecule has 6 heteroatoms. The Kier molecular flexibility index (Phi) is 6.63. The molecule has 0 aromatic heterocycles. The minimum atomic E-state index is 0.0674. The highest BCUT2D eigenvalue weighted by atomic mass is 16.5. The summed E-state index contributed by atoms with van der Waals surface area (Å²) in [5, 5.41) is 6.00. The zero-order chi connectivity index (χ0) is 18.4. The number of nitrogens with one attached hydrogen (secondary N) is 2. The molecule has 0 unspecified atom stereocenters. The van der Waals surface area contributed by atoms with E-state index in [4.69, 9.17) is 4.74 Å². The lowest BCUT2D eigenvalue weighted by Gasteiger charge is -2.31. The molecule has 3 rings (SSSR count). The van der Waals surface area contributed by atoms with Crippen molar-refractivity contribution in [2.45, 2.75) is 38.1 Å². The van der Waals surface area contributed by atoms with Crippen LogP contribution in [0.2, 0.25) is 0 Å². The quantitative estimate of drug-likeness (QED) is 0.743. The molecule has 2 amide bonds. The lowest BCUT2D eigenvalue weighted by atomic mass is 9.96. The summed E-state index contributed by atoms with van der Waals surface area (Å²) in [4.78, 5) is 26.6. The monoisotopic (exact) mass is 359 g/mol. The van der Waals surface area contributed by atoms with E-state index in [9.17, 15) is 9.59 Å². The topological polar surface area (TPSA) is 70.7 Å². The van der Waals surface area contributed by atoms with Gasteiger partial charge in [0.25, 0.3) is 0 Å². The van der Waals surface area contributed by atoms with Crippen LogP contribution in [0.25, 0.3) is 0 Å². The first-order chi connectivity index (χ1) is 12.6. The third-order valence-electron chi connectivity index (χ3n) is 5.10. The van der Waals surface area contributed by atoms with Gasteiger partial charge in [0.2, 0.25) is 11.8 Å². The number of anilines is 1. The average molecular weight is 359 g/mol. The fourth-order valence-electron chi connectivity index (χ4n) is 3.28. The normalized spacial score (nSPS) is 18.5. The maximum absolute atomic E-state index is 12.5. The molecule has 2 aliphatic rings. The molecule has 1 aliphatic carbocycles. The number of nitrogens with zero attached hydrogens (tertiary/aromatic N) is 1. The smallest absolute Gasteiger partial charge is 0.227 e. The predicted octanol–water partition coefficient (Wildman–Crippen LogP) is 1.80. The van der Waals surface area contributed by atoms with Crippen LogP contribution in [-0.2, 0) is 20.7 Å². The first-order valence-electron chi connectivity index (χ1n) is 9.54. The number of carbonyl (C=O) groups is 2. The maximum atomic E-state index is 12.5. The highest BCUT2D eigenvalue weighted by Crippen LogP contribution is 2.20. The average Bonchev–Trinajstić information content (AvgIpc) is 3.46. The van der Waals surface area contributed by atoms with Crippen LogP contribution >= 0.6 is 0 Å². The van der Waals surface area contributed by atoms with Crippen molar-refractivity contribution >= 4 is 17.5 Å². The third kappa shape index (κ3) is 5.81. The highest BCUT2D eigenvalue weighted by Gasteiger charge is 2.25. The van der Waals surface area contributed by atoms with E-state index >= 15 is 0 Å². The van der Waals surface area contributed by atoms with Gasteiger partial charge in [0.15, 0.2) is 0 Å². The summed E-state index contributed by atoms with van der Waals surface area (Å²) in [6, 6.07) is 7.98. The molecule has 2 N–H and O–H groups in total. The van der Waals surface area contributed by atoms with Gasteiger partial charge >= 0.3 is 0 Å². The summed E-state index contributed by atoms with van der Waals surface area (Å²) in [7, 11) is 1.71. The molecule has 1 aromatic carbocycles. The number of amides is 2. The van der Waals surface area contributed by atoms with Crippen LogP contribution in [-0.4, -0.2) is 56.1 Å². The highest BCUT2D eigenvalue weighted by molar-refractivity contribution is 5.92. The molecular weight excluding hydrogens is 330 g/mol. The molecule has 0 atom stereocenters. The molecule has 1 aromatic rings. The Morgan fingerprint density at radius 3 is 2.42 bits per heavy atom. The van der Waals surface area contributed by atoms with Crippen molar-refractivity contribution in [3.05, 3.63) is 29.8 Å². The van der Waals surface area contributed by atoms with Crippen molar-refractivity contribution in [2.75, 3.05) is 38.7 Å². The Morgan fingerprint density at radius 1 is 1.12 bits per heavy atom. The summed E-state index contributed by atoms with van der Waals surface area (Å²) in [6.45, 7) is 3.55. The van der Waals surface area contributed by atoms with Gasteiger partial charge in [-0.05, 0) is 56.5 Å². The van der Waals surface area contributed by atoms with E-state index in [1.54, 1.807) is 7.11 Å². The number of hydrogen-bond donors (Lipinski definition) is 2. The second-order valence-corrected chi connectivity index (χ2v) is 7.31. The van der Waals surface area contributed by atoms with Crippen LogP contribution in [0.5, 0.6) is 0 Å². The Labute approximate surface area is 155 Å². The lowest BCUT2D eigenvalue weighted by molar-refractivity contribution is -0.121. The van der Waals surface area contributed by atoms with Gasteiger partial charge in [-0.25, -0.2) is 0 Å². The molecule has 142 valence electrons. The van der Waals surface area contributed by atoms with Gasteiger partial charge in [-0.2, -0.15) is 0 Å². The molecular formula is C20H29N3O3. The van der Waals surface area contributed by atoms with Gasteiger partial charge in [-0.15, -0.1) is 0 Å². The summed E-state index contributed by atoms with van der Waals surface area (Å²) >= 11 is 0. The van der Waals surface area contributed by atoms with Crippen LogP contribution in [0, 0.1) is 5.92 Å². The SMILES string of the molecule is COCCN1CCC(C(=O)Nc2ccc(CC(=O)NC3CC3)cc2)CC1. The summed E-state index contributed by atoms with van der Waals surface area (Å²) in [6.07, 6.45) is 4.36. The number of carbonyl (C=O) groups excluding carboxylic acids is 2. The van der Waals surface area contributed by atoms with Gasteiger partial charge in [-0.3, -0.25) is 9.59 Å². The van der Waals surface area contributed by atoms with Crippen LogP contribution < -0.4 is 10.6 Å². The Balaban J connectivity index is 1.42. The van der Waals surface area contributed by atoms with Crippen molar-refractivity contribution in [2.24, 2.45) is 5.92 Å². The van der Waals surface area contributed by atoms with Crippen LogP contribution in [0.1, 0.15) is 31.2 Å². The summed E-state index contributed by atoms with van der Waals surface area (Å²) in [5.41, 5.74) is 1.76. The molecule has 1 saturated carbocycles. The summed E-state index contributed by atoms with van der Waals surface area (Å²) in [5.74, 6) is 0.234. The van der Waals surface area contributed by atoms with Crippen molar-refractivity contribution in [1.29, 1.82) is 0 Å². The number of ether oxygens (including phenoxy) is 1. The van der Waals surface area contributed by atoms with E-state index in [-0.39, 0.29) is 17.7 Å². The van der Waals surface area contributed by atoms with Gasteiger partial charge in [0, 0.05) is 31.3 Å². The van der Waals surface area contributed by atoms with E-state index < -0.39 is 0 Å². The molecule has 0 bridgehead atoms. The Hall–Kier alpha value is -1.92. The van der Waals surface area contributed by atoms with Crippen LogP contribution in [0.4, 0.5) is 5.69 Å². The minimum Gasteiger partial charge on any atom is -0.383 e. The van der Waals surface area contributed by atoms with E-state index in [1.165, 1.54) is 0 Å². The number of rotatable bonds is 8. The molecule has 0 radical (unpaired) electrons. The van der Waals surface area contributed by atoms with Crippen LogP contribution in [0.15, 0.2) is 24.3 Å². The van der Waals surface area contributed by atoms with Gasteiger partial charge in [-0.1, -0.05) is 12.1 Å². The molecule has 2 fully saturated rings. The van der Waals surface area contributed by atoms with Crippen molar-refractivity contribution < 1.29 is 14.3 Å². The van der Waals surface area contributed by atoms with Crippen molar-refractivity contribution in [3.8, 4) is 0 Å².